The van der Waals surface area contributed by atoms with E-state index in [4.69, 9.17) is 14.1 Å². The number of hydrogen-bond acceptors (Lipinski definition) is 6. The molecule has 1 aliphatic heterocycles. The minimum absolute atomic E-state index is 0.0453. The number of methoxy groups -OCH3 is 1. The topological polar surface area (TPSA) is 83.4 Å². The van der Waals surface area contributed by atoms with Crippen LogP contribution in [0.25, 0.3) is 0 Å². The lowest BCUT2D eigenvalue weighted by molar-refractivity contribution is 0.319. The lowest BCUT2D eigenvalue weighted by atomic mass is 9.90. The van der Waals surface area contributed by atoms with Gasteiger partial charge >= 0.3 is 0 Å². The number of nitrogens with one attached hydrogen (secondary N) is 2. The summed E-state index contributed by atoms with van der Waals surface area (Å²) >= 11 is 0. The summed E-state index contributed by atoms with van der Waals surface area (Å²) in [4.78, 5) is 22.7. The molecule has 0 saturated carbocycles. The molecule has 7 nitrogen and oxygen atoms in total. The van der Waals surface area contributed by atoms with Crippen LogP contribution in [0.2, 0.25) is 0 Å². The van der Waals surface area contributed by atoms with E-state index in [1.54, 1.807) is 13.2 Å². The Hall–Kier alpha value is -3.84. The van der Waals surface area contributed by atoms with Crippen molar-refractivity contribution in [2.75, 3.05) is 25.5 Å². The molecule has 1 aliphatic rings. The second kappa shape index (κ2) is 10.2. The van der Waals surface area contributed by atoms with Crippen molar-refractivity contribution in [3.8, 4) is 5.75 Å². The third-order valence-electron chi connectivity index (χ3n) is 6.51. The zero-order valence-corrected chi connectivity index (χ0v) is 20.0. The lowest BCUT2D eigenvalue weighted by Gasteiger charge is -2.17. The number of furan rings is 1. The molecule has 2 atom stereocenters. The monoisotopic (exact) mass is 470 g/mol. The molecule has 1 saturated heterocycles. The van der Waals surface area contributed by atoms with Crippen molar-refractivity contribution in [1.29, 1.82) is 0 Å². The molecule has 1 fully saturated rings. The maximum atomic E-state index is 12.6. The highest BCUT2D eigenvalue weighted by Gasteiger charge is 2.38. The number of likely N-dealkylation sites (tertiary alicyclic amines) is 1. The third kappa shape index (κ3) is 5.46. The van der Waals surface area contributed by atoms with E-state index in [9.17, 15) is 4.79 Å². The van der Waals surface area contributed by atoms with Crippen molar-refractivity contribution >= 4 is 5.95 Å². The van der Waals surface area contributed by atoms with E-state index in [1.165, 1.54) is 5.56 Å². The smallest absolute Gasteiger partial charge is 0.252 e. The van der Waals surface area contributed by atoms with Gasteiger partial charge in [-0.1, -0.05) is 42.5 Å². The van der Waals surface area contributed by atoms with Gasteiger partial charge in [0.25, 0.3) is 5.56 Å². The minimum atomic E-state index is -0.168. The Kier molecular flexibility index (Phi) is 6.68. The second-order valence-corrected chi connectivity index (χ2v) is 9.07. The van der Waals surface area contributed by atoms with Gasteiger partial charge in [-0.25, -0.2) is 4.98 Å². The third-order valence-corrected chi connectivity index (χ3v) is 6.51. The summed E-state index contributed by atoms with van der Waals surface area (Å²) in [5.74, 6) is 3.25. The van der Waals surface area contributed by atoms with Crippen LogP contribution in [-0.2, 0) is 13.1 Å². The fourth-order valence-corrected chi connectivity index (χ4v) is 4.81. The van der Waals surface area contributed by atoms with E-state index in [0.29, 0.717) is 12.5 Å². The van der Waals surface area contributed by atoms with Crippen LogP contribution in [0.1, 0.15) is 40.2 Å². The number of H-pyrrole nitrogens is 1. The molecule has 4 aromatic rings. The van der Waals surface area contributed by atoms with E-state index in [2.05, 4.69) is 39.5 Å². The van der Waals surface area contributed by atoms with Gasteiger partial charge in [-0.2, -0.15) is 0 Å². The Balaban J connectivity index is 1.39. The highest BCUT2D eigenvalue weighted by atomic mass is 16.5. The molecule has 0 amide bonds. The summed E-state index contributed by atoms with van der Waals surface area (Å²) in [6.07, 6.45) is 0. The Morgan fingerprint density at radius 3 is 2.60 bits per heavy atom. The van der Waals surface area contributed by atoms with Crippen LogP contribution in [0.5, 0.6) is 5.75 Å². The molecule has 5 rings (SSSR count). The van der Waals surface area contributed by atoms with Gasteiger partial charge in [-0.05, 0) is 42.3 Å². The molecule has 0 aliphatic carbocycles. The van der Waals surface area contributed by atoms with E-state index >= 15 is 0 Å². The Labute approximate surface area is 204 Å². The molecule has 7 heteroatoms. The number of aromatic nitrogens is 2. The standard InChI is InChI=1S/C28H30N4O3/c1-19-11-12-26(35-19)24-18-32(16-20-7-4-3-5-8-20)17-23(24)25-14-27(33)31-28(30-25)29-15-21-9-6-10-22(13-21)34-2/h3-14,23-24H,15-18H2,1-2H3,(H2,29,30,31,33)/t23-,24+/m0/s1. The van der Waals surface area contributed by atoms with Crippen molar-refractivity contribution in [1.82, 2.24) is 14.9 Å². The lowest BCUT2D eigenvalue weighted by Crippen LogP contribution is -2.21. The zero-order chi connectivity index (χ0) is 24.2. The van der Waals surface area contributed by atoms with Crippen LogP contribution >= 0.6 is 0 Å². The van der Waals surface area contributed by atoms with E-state index in [1.807, 2.05) is 49.4 Å². The van der Waals surface area contributed by atoms with Gasteiger partial charge in [0, 0.05) is 44.1 Å². The number of rotatable bonds is 8. The molecular weight excluding hydrogens is 440 g/mol. The van der Waals surface area contributed by atoms with E-state index in [-0.39, 0.29) is 17.4 Å². The number of hydrogen-bond donors (Lipinski definition) is 2. The largest absolute Gasteiger partial charge is 0.497 e. The number of aryl methyl sites for hydroxylation is 1. The average Bonchev–Trinajstić information content (AvgIpc) is 3.49. The summed E-state index contributed by atoms with van der Waals surface area (Å²) in [6.45, 7) is 4.97. The van der Waals surface area contributed by atoms with E-state index < -0.39 is 0 Å². The van der Waals surface area contributed by atoms with Crippen LogP contribution in [0.4, 0.5) is 5.95 Å². The summed E-state index contributed by atoms with van der Waals surface area (Å²) in [5, 5.41) is 3.27. The van der Waals surface area contributed by atoms with Gasteiger partial charge in [-0.3, -0.25) is 14.7 Å². The van der Waals surface area contributed by atoms with Crippen molar-refractivity contribution < 1.29 is 9.15 Å². The fraction of sp³-hybridized carbons (Fsp3) is 0.286. The molecule has 0 spiro atoms. The summed E-state index contributed by atoms with van der Waals surface area (Å²) in [5.41, 5.74) is 2.91. The number of ether oxygens (including phenoxy) is 1. The SMILES string of the molecule is COc1cccc(CNc2nc([C@H]3CN(Cc4ccccc4)C[C@H]3c3ccc(C)o3)cc(=O)[nH]2)c1. The van der Waals surface area contributed by atoms with Crippen molar-refractivity contribution in [3.63, 3.8) is 0 Å². The number of aromatic amines is 1. The first-order chi connectivity index (χ1) is 17.1. The van der Waals surface area contributed by atoms with E-state index in [0.717, 1.165) is 48.2 Å². The summed E-state index contributed by atoms with van der Waals surface area (Å²) in [7, 11) is 1.65. The van der Waals surface area contributed by atoms with Crippen LogP contribution in [0.15, 0.2) is 82.0 Å². The summed E-state index contributed by atoms with van der Waals surface area (Å²) in [6, 6.07) is 23.9. The second-order valence-electron chi connectivity index (χ2n) is 9.07. The van der Waals surface area contributed by atoms with Gasteiger partial charge < -0.3 is 14.5 Å². The van der Waals surface area contributed by atoms with Gasteiger partial charge in [-0.15, -0.1) is 0 Å². The molecule has 2 aromatic carbocycles. The molecule has 2 N–H and O–H groups in total. The molecule has 0 radical (unpaired) electrons. The van der Waals surface area contributed by atoms with Crippen LogP contribution in [-0.4, -0.2) is 35.1 Å². The van der Waals surface area contributed by atoms with Crippen molar-refractivity contribution in [3.05, 3.63) is 111 Å². The molecule has 3 heterocycles. The maximum absolute atomic E-state index is 12.6. The normalized spacial score (nSPS) is 18.0. The molecule has 180 valence electrons. The van der Waals surface area contributed by atoms with Crippen molar-refractivity contribution in [2.45, 2.75) is 31.8 Å². The highest BCUT2D eigenvalue weighted by molar-refractivity contribution is 5.34. The van der Waals surface area contributed by atoms with Crippen LogP contribution < -0.4 is 15.6 Å². The molecule has 0 bridgehead atoms. The predicted octanol–water partition coefficient (Wildman–Crippen LogP) is 4.68. The predicted molar refractivity (Wildman–Crippen MR) is 136 cm³/mol. The highest BCUT2D eigenvalue weighted by Crippen LogP contribution is 2.40. The molecule has 35 heavy (non-hydrogen) atoms. The van der Waals surface area contributed by atoms with Crippen molar-refractivity contribution in [2.24, 2.45) is 0 Å². The fourth-order valence-electron chi connectivity index (χ4n) is 4.81. The quantitative estimate of drug-likeness (QED) is 0.389. The summed E-state index contributed by atoms with van der Waals surface area (Å²) < 4.78 is 11.3. The van der Waals surface area contributed by atoms with Crippen LogP contribution in [0.3, 0.4) is 0 Å². The Morgan fingerprint density at radius 1 is 1.03 bits per heavy atom. The Morgan fingerprint density at radius 2 is 1.83 bits per heavy atom. The Bertz CT molecular complexity index is 1330. The molecule has 0 unspecified atom stereocenters. The van der Waals surface area contributed by atoms with Gasteiger partial charge in [0.2, 0.25) is 5.95 Å². The first-order valence-corrected chi connectivity index (χ1v) is 11.9. The van der Waals surface area contributed by atoms with Gasteiger partial charge in [0.15, 0.2) is 0 Å². The molecular formula is C28H30N4O3. The van der Waals surface area contributed by atoms with Crippen LogP contribution in [0, 0.1) is 6.92 Å². The first kappa shape index (κ1) is 22.9. The maximum Gasteiger partial charge on any atom is 0.252 e. The average molecular weight is 471 g/mol. The number of benzene rings is 2. The number of nitrogens with zero attached hydrogens (tertiary/aromatic N) is 2. The van der Waals surface area contributed by atoms with Gasteiger partial charge in [0.05, 0.1) is 12.8 Å². The zero-order valence-electron chi connectivity index (χ0n) is 20.0. The number of anilines is 1. The van der Waals surface area contributed by atoms with Gasteiger partial charge in [0.1, 0.15) is 17.3 Å². The minimum Gasteiger partial charge on any atom is -0.497 e. The first-order valence-electron chi connectivity index (χ1n) is 11.9. The molecule has 2 aromatic heterocycles.